The summed E-state index contributed by atoms with van der Waals surface area (Å²) in [7, 11) is 0. The van der Waals surface area contributed by atoms with Gasteiger partial charge >= 0.3 is 0 Å². The molecule has 0 fully saturated rings. The topological polar surface area (TPSA) is 40.5 Å². The minimum atomic E-state index is -0.136. The van der Waals surface area contributed by atoms with Gasteiger partial charge < -0.3 is 10.0 Å². The van der Waals surface area contributed by atoms with E-state index in [1.165, 1.54) is 11.3 Å². The van der Waals surface area contributed by atoms with Crippen LogP contribution in [0.3, 0.4) is 0 Å². The second-order valence-electron chi connectivity index (χ2n) is 4.40. The summed E-state index contributed by atoms with van der Waals surface area (Å²) in [6.45, 7) is 2.85. The molecule has 20 heavy (non-hydrogen) atoms. The van der Waals surface area contributed by atoms with Gasteiger partial charge in [-0.05, 0) is 18.6 Å². The molecule has 0 aliphatic carbocycles. The zero-order valence-electron chi connectivity index (χ0n) is 11.0. The number of aliphatic hydroxyl groups excluding tert-OH is 1. The Morgan fingerprint density at radius 1 is 1.35 bits per heavy atom. The number of nitrogens with zero attached hydrogens (tertiary/aromatic N) is 1. The lowest BCUT2D eigenvalue weighted by atomic mass is 10.2. The van der Waals surface area contributed by atoms with E-state index in [4.69, 9.17) is 28.3 Å². The smallest absolute Gasteiger partial charge is 0.265 e. The summed E-state index contributed by atoms with van der Waals surface area (Å²) in [6, 6.07) is 5.39. The summed E-state index contributed by atoms with van der Waals surface area (Å²) in [4.78, 5) is 14.6. The van der Waals surface area contributed by atoms with E-state index in [0.717, 1.165) is 16.5 Å². The summed E-state index contributed by atoms with van der Waals surface area (Å²) < 4.78 is 0.895. The second-order valence-corrected chi connectivity index (χ2v) is 6.27. The normalized spacial score (nSPS) is 11.0. The molecule has 108 valence electrons. The number of hydrogen-bond acceptors (Lipinski definition) is 3. The van der Waals surface area contributed by atoms with Gasteiger partial charge in [-0.1, -0.05) is 36.2 Å². The molecule has 2 rings (SSSR count). The molecular weight excluding hydrogens is 317 g/mol. The van der Waals surface area contributed by atoms with Crippen molar-refractivity contribution in [2.75, 3.05) is 19.7 Å². The Balaban J connectivity index is 2.40. The average molecular weight is 332 g/mol. The monoisotopic (exact) mass is 331 g/mol. The molecule has 1 aromatic heterocycles. The van der Waals surface area contributed by atoms with Crippen molar-refractivity contribution in [3.63, 3.8) is 0 Å². The molecule has 0 aliphatic rings. The summed E-state index contributed by atoms with van der Waals surface area (Å²) in [6.07, 6.45) is 0.833. The van der Waals surface area contributed by atoms with E-state index < -0.39 is 0 Å². The quantitative estimate of drug-likeness (QED) is 0.897. The first kappa shape index (κ1) is 15.6. The number of carbonyl (C=O) groups excluding carboxylic acids is 1. The van der Waals surface area contributed by atoms with Crippen LogP contribution in [0.5, 0.6) is 0 Å². The van der Waals surface area contributed by atoms with Crippen molar-refractivity contribution in [1.29, 1.82) is 0 Å². The molecule has 1 aromatic carbocycles. The van der Waals surface area contributed by atoms with Crippen LogP contribution in [0, 0.1) is 0 Å². The van der Waals surface area contributed by atoms with Crippen molar-refractivity contribution in [3.8, 4) is 0 Å². The summed E-state index contributed by atoms with van der Waals surface area (Å²) in [5.74, 6) is -0.136. The van der Waals surface area contributed by atoms with Gasteiger partial charge in [0.1, 0.15) is 4.88 Å². The third-order valence-electron chi connectivity index (χ3n) is 2.94. The van der Waals surface area contributed by atoms with Gasteiger partial charge in [0.15, 0.2) is 0 Å². The maximum atomic E-state index is 12.5. The fourth-order valence-corrected chi connectivity index (χ4v) is 3.78. The average Bonchev–Trinajstić information content (AvgIpc) is 2.74. The lowest BCUT2D eigenvalue weighted by molar-refractivity contribution is 0.0727. The Bertz CT molecular complexity index is 621. The fourth-order valence-electron chi connectivity index (χ4n) is 2.03. The second kappa shape index (κ2) is 6.76. The number of carbonyl (C=O) groups is 1. The zero-order chi connectivity index (χ0) is 14.7. The van der Waals surface area contributed by atoms with Crippen molar-refractivity contribution >= 4 is 50.5 Å². The Morgan fingerprint density at radius 2 is 2.10 bits per heavy atom. The Kier molecular flexibility index (Phi) is 5.27. The first-order valence-corrected chi connectivity index (χ1v) is 7.93. The van der Waals surface area contributed by atoms with Crippen LogP contribution in [0.1, 0.15) is 23.0 Å². The predicted molar refractivity (Wildman–Crippen MR) is 85.1 cm³/mol. The van der Waals surface area contributed by atoms with Crippen LogP contribution in [-0.4, -0.2) is 35.6 Å². The number of thiophene rings is 1. The van der Waals surface area contributed by atoms with Crippen molar-refractivity contribution in [2.45, 2.75) is 13.3 Å². The first-order chi connectivity index (χ1) is 9.58. The van der Waals surface area contributed by atoms with E-state index in [2.05, 4.69) is 0 Å². The number of rotatable bonds is 5. The van der Waals surface area contributed by atoms with Gasteiger partial charge in [0.2, 0.25) is 0 Å². The molecule has 1 amide bonds. The van der Waals surface area contributed by atoms with Crippen LogP contribution in [0.2, 0.25) is 10.0 Å². The minimum Gasteiger partial charge on any atom is -0.395 e. The van der Waals surface area contributed by atoms with Crippen LogP contribution in [-0.2, 0) is 0 Å². The standard InChI is InChI=1S/C14H15Cl2NO2S/c1-2-5-17(6-7-18)14(19)13-12(16)10-4-3-9(15)8-11(10)20-13/h3-4,8,18H,2,5-7H2,1H3. The van der Waals surface area contributed by atoms with E-state index in [1.54, 1.807) is 17.0 Å². The summed E-state index contributed by atoms with van der Waals surface area (Å²) in [5, 5.41) is 11.0. The molecule has 0 aliphatic heterocycles. The van der Waals surface area contributed by atoms with Crippen molar-refractivity contribution in [1.82, 2.24) is 4.90 Å². The molecule has 1 heterocycles. The third kappa shape index (κ3) is 3.09. The molecule has 2 aromatic rings. The molecule has 3 nitrogen and oxygen atoms in total. The Labute approximate surface area is 131 Å². The highest BCUT2D eigenvalue weighted by Gasteiger charge is 2.21. The van der Waals surface area contributed by atoms with Crippen LogP contribution in [0.4, 0.5) is 0 Å². The van der Waals surface area contributed by atoms with Crippen molar-refractivity contribution in [2.24, 2.45) is 0 Å². The molecule has 0 radical (unpaired) electrons. The van der Waals surface area contributed by atoms with Crippen LogP contribution >= 0.6 is 34.5 Å². The highest BCUT2D eigenvalue weighted by atomic mass is 35.5. The number of benzene rings is 1. The third-order valence-corrected chi connectivity index (χ3v) is 4.82. The molecule has 6 heteroatoms. The molecule has 0 saturated heterocycles. The van der Waals surface area contributed by atoms with Gasteiger partial charge in [0, 0.05) is 28.2 Å². The van der Waals surface area contributed by atoms with Gasteiger partial charge in [0.25, 0.3) is 5.91 Å². The largest absolute Gasteiger partial charge is 0.395 e. The molecule has 0 spiro atoms. The van der Waals surface area contributed by atoms with E-state index >= 15 is 0 Å². The lowest BCUT2D eigenvalue weighted by Gasteiger charge is -2.20. The molecule has 0 atom stereocenters. The molecule has 0 unspecified atom stereocenters. The van der Waals surface area contributed by atoms with E-state index in [9.17, 15) is 4.79 Å². The minimum absolute atomic E-state index is 0.0555. The lowest BCUT2D eigenvalue weighted by Crippen LogP contribution is -2.33. The molecular formula is C14H15Cl2NO2S. The number of fused-ring (bicyclic) bond motifs is 1. The van der Waals surface area contributed by atoms with Gasteiger partial charge in [-0.3, -0.25) is 4.79 Å². The maximum absolute atomic E-state index is 12.5. The Morgan fingerprint density at radius 3 is 2.75 bits per heavy atom. The van der Waals surface area contributed by atoms with Crippen LogP contribution in [0.15, 0.2) is 18.2 Å². The Hall–Kier alpha value is -0.810. The summed E-state index contributed by atoms with van der Waals surface area (Å²) >= 11 is 13.6. The first-order valence-electron chi connectivity index (χ1n) is 6.36. The maximum Gasteiger partial charge on any atom is 0.265 e. The van der Waals surface area contributed by atoms with Crippen molar-refractivity contribution < 1.29 is 9.90 Å². The van der Waals surface area contributed by atoms with E-state index in [1.807, 2.05) is 13.0 Å². The van der Waals surface area contributed by atoms with E-state index in [0.29, 0.717) is 28.0 Å². The highest BCUT2D eigenvalue weighted by Crippen LogP contribution is 2.37. The summed E-state index contributed by atoms with van der Waals surface area (Å²) in [5.41, 5.74) is 0. The SMILES string of the molecule is CCCN(CCO)C(=O)c1sc2cc(Cl)ccc2c1Cl. The molecule has 1 N–H and O–H groups in total. The zero-order valence-corrected chi connectivity index (χ0v) is 13.4. The number of amides is 1. The van der Waals surface area contributed by atoms with Gasteiger partial charge in [0.05, 0.1) is 11.6 Å². The molecule has 0 saturated carbocycles. The van der Waals surface area contributed by atoms with Crippen molar-refractivity contribution in [3.05, 3.63) is 33.1 Å². The fraction of sp³-hybridized carbons (Fsp3) is 0.357. The molecule has 0 bridgehead atoms. The van der Waals surface area contributed by atoms with Gasteiger partial charge in [-0.15, -0.1) is 11.3 Å². The number of hydrogen-bond donors (Lipinski definition) is 1. The predicted octanol–water partition coefficient (Wildman–Crippen LogP) is 4.05. The van der Waals surface area contributed by atoms with Crippen LogP contribution in [0.25, 0.3) is 10.1 Å². The van der Waals surface area contributed by atoms with Gasteiger partial charge in [-0.25, -0.2) is 0 Å². The highest BCUT2D eigenvalue weighted by molar-refractivity contribution is 7.21. The van der Waals surface area contributed by atoms with Gasteiger partial charge in [-0.2, -0.15) is 0 Å². The van der Waals surface area contributed by atoms with E-state index in [-0.39, 0.29) is 12.5 Å². The number of halogens is 2. The van der Waals surface area contributed by atoms with Crippen LogP contribution < -0.4 is 0 Å². The number of aliphatic hydroxyl groups is 1.